The summed E-state index contributed by atoms with van der Waals surface area (Å²) in [5.74, 6) is 1.20. The van der Waals surface area contributed by atoms with E-state index in [1.165, 1.54) is 0 Å². The highest BCUT2D eigenvalue weighted by molar-refractivity contribution is 5.94. The number of benzene rings is 1. The molecule has 1 saturated heterocycles. The Labute approximate surface area is 161 Å². The largest absolute Gasteiger partial charge is 0.491 e. The summed E-state index contributed by atoms with van der Waals surface area (Å²) in [4.78, 5) is 27.4. The molecule has 3 rings (SSSR count). The lowest BCUT2D eigenvalue weighted by molar-refractivity contribution is -0.122. The SMILES string of the molecule is Cc1ccc2cc1OCCNC(=O)C[C@@H]1CC[C@H](CNC2=O)N1CC(C)C. The second kappa shape index (κ2) is 8.74. The summed E-state index contributed by atoms with van der Waals surface area (Å²) in [6, 6.07) is 6.04. The Morgan fingerprint density at radius 3 is 2.74 bits per heavy atom. The maximum atomic E-state index is 12.6. The zero-order valence-electron chi connectivity index (χ0n) is 16.6. The highest BCUT2D eigenvalue weighted by atomic mass is 16.5. The van der Waals surface area contributed by atoms with Crippen molar-refractivity contribution in [2.75, 3.05) is 26.2 Å². The standard InChI is InChI=1S/C21H31N3O3/c1-14(2)13-24-17-6-7-18(24)12-23-21(26)16-5-4-15(3)19(10-16)27-9-8-22-20(25)11-17/h4-5,10,14,17-18H,6-9,11-13H2,1-3H3,(H,22,25)(H,23,26)/t17-,18+/m0/s1. The molecule has 0 radical (unpaired) electrons. The minimum absolute atomic E-state index is 0.0717. The zero-order valence-corrected chi connectivity index (χ0v) is 16.6. The molecular formula is C21H31N3O3. The molecule has 2 heterocycles. The van der Waals surface area contributed by atoms with Gasteiger partial charge in [-0.25, -0.2) is 0 Å². The average molecular weight is 373 g/mol. The first-order valence-corrected chi connectivity index (χ1v) is 9.98. The minimum Gasteiger partial charge on any atom is -0.491 e. The zero-order chi connectivity index (χ0) is 19.4. The number of hydrogen-bond acceptors (Lipinski definition) is 4. The number of aryl methyl sites for hydroxylation is 1. The van der Waals surface area contributed by atoms with Crippen LogP contribution in [0.1, 0.15) is 49.0 Å². The van der Waals surface area contributed by atoms with Crippen LogP contribution < -0.4 is 15.4 Å². The van der Waals surface area contributed by atoms with Crippen molar-refractivity contribution < 1.29 is 14.3 Å². The van der Waals surface area contributed by atoms with Crippen LogP contribution in [0.15, 0.2) is 18.2 Å². The number of carbonyl (C=O) groups excluding carboxylic acids is 2. The maximum Gasteiger partial charge on any atom is 0.251 e. The van der Waals surface area contributed by atoms with Crippen LogP contribution in [-0.2, 0) is 4.79 Å². The Kier molecular flexibility index (Phi) is 6.37. The van der Waals surface area contributed by atoms with Crippen molar-refractivity contribution in [2.45, 2.75) is 52.1 Å². The van der Waals surface area contributed by atoms with Gasteiger partial charge in [0.25, 0.3) is 5.91 Å². The fraction of sp³-hybridized carbons (Fsp3) is 0.619. The van der Waals surface area contributed by atoms with Crippen LogP contribution in [0.2, 0.25) is 0 Å². The molecule has 2 atom stereocenters. The lowest BCUT2D eigenvalue weighted by atomic mass is 10.1. The smallest absolute Gasteiger partial charge is 0.251 e. The number of amides is 2. The van der Waals surface area contributed by atoms with Gasteiger partial charge in [0.1, 0.15) is 12.4 Å². The second-order valence-electron chi connectivity index (χ2n) is 8.07. The number of carbonyl (C=O) groups is 2. The van der Waals surface area contributed by atoms with E-state index < -0.39 is 0 Å². The van der Waals surface area contributed by atoms with Crippen LogP contribution in [0, 0.1) is 12.8 Å². The monoisotopic (exact) mass is 373 g/mol. The maximum absolute atomic E-state index is 12.6. The molecule has 0 saturated carbocycles. The highest BCUT2D eigenvalue weighted by Crippen LogP contribution is 2.27. The first-order chi connectivity index (χ1) is 12.9. The van der Waals surface area contributed by atoms with Crippen molar-refractivity contribution in [1.82, 2.24) is 15.5 Å². The van der Waals surface area contributed by atoms with E-state index in [4.69, 9.17) is 4.74 Å². The molecule has 1 aromatic carbocycles. The predicted octanol–water partition coefficient (Wildman–Crippen LogP) is 2.11. The molecule has 0 aromatic heterocycles. The first-order valence-electron chi connectivity index (χ1n) is 9.98. The van der Waals surface area contributed by atoms with Crippen molar-refractivity contribution >= 4 is 11.8 Å². The summed E-state index contributed by atoms with van der Waals surface area (Å²) in [5.41, 5.74) is 1.59. The van der Waals surface area contributed by atoms with Gasteiger partial charge in [0.2, 0.25) is 5.91 Å². The van der Waals surface area contributed by atoms with Crippen molar-refractivity contribution in [3.63, 3.8) is 0 Å². The van der Waals surface area contributed by atoms with Gasteiger partial charge < -0.3 is 15.4 Å². The molecule has 2 amide bonds. The van der Waals surface area contributed by atoms with Gasteiger partial charge in [0, 0.05) is 37.2 Å². The molecule has 27 heavy (non-hydrogen) atoms. The van der Waals surface area contributed by atoms with E-state index in [0.717, 1.165) is 24.9 Å². The molecule has 0 aliphatic carbocycles. The van der Waals surface area contributed by atoms with Crippen LogP contribution in [0.3, 0.4) is 0 Å². The van der Waals surface area contributed by atoms with Gasteiger partial charge in [-0.1, -0.05) is 19.9 Å². The molecule has 148 valence electrons. The Morgan fingerprint density at radius 1 is 1.19 bits per heavy atom. The number of hydrogen-bond donors (Lipinski definition) is 2. The van der Waals surface area contributed by atoms with Gasteiger partial charge in [-0.2, -0.15) is 0 Å². The summed E-state index contributed by atoms with van der Waals surface area (Å²) in [5, 5.41) is 6.06. The summed E-state index contributed by atoms with van der Waals surface area (Å²) in [7, 11) is 0. The van der Waals surface area contributed by atoms with Crippen LogP contribution in [0.4, 0.5) is 0 Å². The molecule has 1 aromatic rings. The van der Waals surface area contributed by atoms with Crippen molar-refractivity contribution in [3.05, 3.63) is 29.3 Å². The summed E-state index contributed by atoms with van der Waals surface area (Å²) >= 11 is 0. The number of fused-ring (bicyclic) bond motifs is 4. The van der Waals surface area contributed by atoms with Gasteiger partial charge in [0.15, 0.2) is 0 Å². The molecule has 6 heteroatoms. The van der Waals surface area contributed by atoms with Crippen molar-refractivity contribution in [3.8, 4) is 5.75 Å². The van der Waals surface area contributed by atoms with E-state index in [-0.39, 0.29) is 23.9 Å². The Balaban J connectivity index is 1.80. The average Bonchev–Trinajstić information content (AvgIpc) is 2.98. The molecule has 1 fully saturated rings. The normalized spacial score (nSPS) is 24.6. The molecule has 0 unspecified atom stereocenters. The quantitative estimate of drug-likeness (QED) is 0.833. The minimum atomic E-state index is -0.0723. The molecular weight excluding hydrogens is 342 g/mol. The lowest BCUT2D eigenvalue weighted by Crippen LogP contribution is -2.46. The van der Waals surface area contributed by atoms with Crippen LogP contribution in [0.5, 0.6) is 5.75 Å². The number of nitrogens with one attached hydrogen (secondary N) is 2. The van der Waals surface area contributed by atoms with Crippen LogP contribution in [0.25, 0.3) is 0 Å². The van der Waals surface area contributed by atoms with Crippen LogP contribution >= 0.6 is 0 Å². The fourth-order valence-corrected chi connectivity index (χ4v) is 4.02. The van der Waals surface area contributed by atoms with E-state index in [1.54, 1.807) is 6.07 Å². The van der Waals surface area contributed by atoms with Gasteiger partial charge >= 0.3 is 0 Å². The van der Waals surface area contributed by atoms with E-state index in [9.17, 15) is 9.59 Å². The number of rotatable bonds is 2. The predicted molar refractivity (Wildman–Crippen MR) is 105 cm³/mol. The Bertz CT molecular complexity index is 689. The fourth-order valence-electron chi connectivity index (χ4n) is 4.02. The van der Waals surface area contributed by atoms with Gasteiger partial charge in [0.05, 0.1) is 6.54 Å². The first kappa shape index (κ1) is 19.7. The molecule has 0 spiro atoms. The van der Waals surface area contributed by atoms with Gasteiger partial charge in [-0.05, 0) is 43.4 Å². The Morgan fingerprint density at radius 2 is 1.96 bits per heavy atom. The van der Waals surface area contributed by atoms with E-state index >= 15 is 0 Å². The van der Waals surface area contributed by atoms with Gasteiger partial charge in [-0.3, -0.25) is 14.5 Å². The Hall–Kier alpha value is -2.08. The van der Waals surface area contributed by atoms with E-state index in [1.807, 2.05) is 19.1 Å². The third-order valence-electron chi connectivity index (χ3n) is 5.40. The van der Waals surface area contributed by atoms with Crippen LogP contribution in [-0.4, -0.2) is 55.0 Å². The lowest BCUT2D eigenvalue weighted by Gasteiger charge is -2.31. The third kappa shape index (κ3) is 5.01. The molecule has 6 nitrogen and oxygen atoms in total. The molecule has 2 aliphatic heterocycles. The second-order valence-corrected chi connectivity index (χ2v) is 8.07. The highest BCUT2D eigenvalue weighted by Gasteiger charge is 2.34. The van der Waals surface area contributed by atoms with E-state index in [0.29, 0.717) is 43.3 Å². The molecule has 2 N–H and O–H groups in total. The van der Waals surface area contributed by atoms with Crippen molar-refractivity contribution in [1.29, 1.82) is 0 Å². The molecule has 4 bridgehead atoms. The molecule has 2 aliphatic rings. The topological polar surface area (TPSA) is 70.7 Å². The summed E-state index contributed by atoms with van der Waals surface area (Å²) in [6.45, 7) is 8.74. The number of nitrogens with zero attached hydrogens (tertiary/aromatic N) is 1. The van der Waals surface area contributed by atoms with Crippen molar-refractivity contribution in [2.24, 2.45) is 5.92 Å². The van der Waals surface area contributed by atoms with E-state index in [2.05, 4.69) is 29.4 Å². The third-order valence-corrected chi connectivity index (χ3v) is 5.40. The number of ether oxygens (including phenoxy) is 1. The summed E-state index contributed by atoms with van der Waals surface area (Å²) < 4.78 is 5.78. The van der Waals surface area contributed by atoms with Gasteiger partial charge in [-0.15, -0.1) is 0 Å². The summed E-state index contributed by atoms with van der Waals surface area (Å²) in [6.07, 6.45) is 2.50.